The van der Waals surface area contributed by atoms with Gasteiger partial charge in [-0.15, -0.1) is 6.58 Å². The van der Waals surface area contributed by atoms with Crippen LogP contribution in [0.5, 0.6) is 0 Å². The number of ether oxygens (including phenoxy) is 1. The van der Waals surface area contributed by atoms with Crippen LogP contribution in [0.3, 0.4) is 0 Å². The summed E-state index contributed by atoms with van der Waals surface area (Å²) in [5, 5.41) is 3.55. The van der Waals surface area contributed by atoms with Crippen LogP contribution in [0.4, 0.5) is 0 Å². The average molecular weight is 344 g/mol. The molecule has 0 aromatic heterocycles. The van der Waals surface area contributed by atoms with Crippen molar-refractivity contribution >= 4 is 5.96 Å². The smallest absolute Gasteiger partial charge is 0.193 e. The zero-order valence-electron chi connectivity index (χ0n) is 16.0. The summed E-state index contributed by atoms with van der Waals surface area (Å²) in [5.41, 5.74) is 2.57. The summed E-state index contributed by atoms with van der Waals surface area (Å²) in [6.45, 7) is 8.62. The quantitative estimate of drug-likeness (QED) is 0.353. The monoisotopic (exact) mass is 343 g/mol. The van der Waals surface area contributed by atoms with Crippen molar-refractivity contribution in [3.8, 4) is 0 Å². The third-order valence-electron chi connectivity index (χ3n) is 4.85. The number of guanidine groups is 1. The summed E-state index contributed by atoms with van der Waals surface area (Å²) in [6.07, 6.45) is 6.58. The van der Waals surface area contributed by atoms with Gasteiger partial charge >= 0.3 is 0 Å². The summed E-state index contributed by atoms with van der Waals surface area (Å²) in [6, 6.07) is 8.75. The number of allylic oxidation sites excluding steroid dienone is 1. The van der Waals surface area contributed by atoms with Crippen LogP contribution in [0.2, 0.25) is 0 Å². The Balaban J connectivity index is 1.93. The van der Waals surface area contributed by atoms with E-state index in [9.17, 15) is 0 Å². The van der Waals surface area contributed by atoms with Crippen molar-refractivity contribution in [2.75, 3.05) is 33.8 Å². The summed E-state index contributed by atoms with van der Waals surface area (Å²) >= 11 is 0. The van der Waals surface area contributed by atoms with E-state index in [1.165, 1.54) is 17.5 Å². The molecule has 1 aliphatic heterocycles. The lowest BCUT2D eigenvalue weighted by atomic mass is 9.89. The Morgan fingerprint density at radius 2 is 2.16 bits per heavy atom. The Kier molecular flexibility index (Phi) is 7.99. The zero-order chi connectivity index (χ0) is 18.1. The second-order valence-corrected chi connectivity index (χ2v) is 6.88. The molecule has 0 aliphatic carbocycles. The Morgan fingerprint density at radius 3 is 2.84 bits per heavy atom. The first kappa shape index (κ1) is 19.5. The Morgan fingerprint density at radius 1 is 1.40 bits per heavy atom. The van der Waals surface area contributed by atoms with Crippen LogP contribution in [0.25, 0.3) is 0 Å². The first-order chi connectivity index (χ1) is 12.2. The fraction of sp³-hybridized carbons (Fsp3) is 0.571. The molecule has 0 saturated carbocycles. The standard InChI is InChI=1S/C21H33N3O/c1-5-6-7-14-24(4)21(22-3)23-16-19-9-8-15-25-20(19)18-12-10-17(2)11-13-18/h5,10-13,19-20H,1,6-9,14-16H2,2-4H3,(H,22,23). The molecule has 1 aliphatic rings. The molecule has 2 rings (SSSR count). The maximum absolute atomic E-state index is 6.12. The Labute approximate surface area is 153 Å². The number of nitrogens with one attached hydrogen (secondary N) is 1. The van der Waals surface area contributed by atoms with E-state index in [-0.39, 0.29) is 6.10 Å². The van der Waals surface area contributed by atoms with Gasteiger partial charge in [0.1, 0.15) is 0 Å². The molecule has 0 amide bonds. The normalized spacial score (nSPS) is 21.0. The van der Waals surface area contributed by atoms with Gasteiger partial charge < -0.3 is 15.0 Å². The van der Waals surface area contributed by atoms with Gasteiger partial charge in [-0.1, -0.05) is 35.9 Å². The summed E-state index contributed by atoms with van der Waals surface area (Å²) in [5.74, 6) is 1.42. The van der Waals surface area contributed by atoms with Gasteiger partial charge in [-0.05, 0) is 38.2 Å². The highest BCUT2D eigenvalue weighted by Crippen LogP contribution is 2.33. The van der Waals surface area contributed by atoms with E-state index in [0.717, 1.165) is 44.9 Å². The van der Waals surface area contributed by atoms with E-state index in [4.69, 9.17) is 4.74 Å². The van der Waals surface area contributed by atoms with Crippen LogP contribution in [0.1, 0.15) is 42.9 Å². The lowest BCUT2D eigenvalue weighted by Gasteiger charge is -2.33. The van der Waals surface area contributed by atoms with E-state index in [1.54, 1.807) is 0 Å². The van der Waals surface area contributed by atoms with E-state index in [0.29, 0.717) is 5.92 Å². The predicted molar refractivity (Wildman–Crippen MR) is 106 cm³/mol. The van der Waals surface area contributed by atoms with Crippen LogP contribution in [0, 0.1) is 12.8 Å². The second kappa shape index (κ2) is 10.2. The molecular formula is C21H33N3O. The number of hydrogen-bond donors (Lipinski definition) is 1. The van der Waals surface area contributed by atoms with Gasteiger partial charge in [-0.2, -0.15) is 0 Å². The molecule has 138 valence electrons. The summed E-state index contributed by atoms with van der Waals surface area (Å²) in [4.78, 5) is 6.61. The van der Waals surface area contributed by atoms with Gasteiger partial charge in [0.25, 0.3) is 0 Å². The molecule has 1 aromatic rings. The lowest BCUT2D eigenvalue weighted by Crippen LogP contribution is -2.43. The number of benzene rings is 1. The molecule has 0 bridgehead atoms. The molecule has 1 aromatic carbocycles. The number of nitrogens with zero attached hydrogens (tertiary/aromatic N) is 2. The summed E-state index contributed by atoms with van der Waals surface area (Å²) in [7, 11) is 3.94. The minimum Gasteiger partial charge on any atom is -0.373 e. The molecule has 25 heavy (non-hydrogen) atoms. The number of rotatable bonds is 7. The van der Waals surface area contributed by atoms with Gasteiger partial charge in [0.05, 0.1) is 6.10 Å². The molecule has 1 saturated heterocycles. The summed E-state index contributed by atoms with van der Waals surface area (Å²) < 4.78 is 6.12. The van der Waals surface area contributed by atoms with Crippen molar-refractivity contribution in [3.63, 3.8) is 0 Å². The first-order valence-electron chi connectivity index (χ1n) is 9.36. The van der Waals surface area contributed by atoms with Crippen LogP contribution < -0.4 is 5.32 Å². The number of aliphatic imine (C=N–C) groups is 1. The van der Waals surface area contributed by atoms with Gasteiger partial charge in [0.15, 0.2) is 5.96 Å². The Hall–Kier alpha value is -1.81. The van der Waals surface area contributed by atoms with Crippen molar-refractivity contribution < 1.29 is 4.74 Å². The zero-order valence-corrected chi connectivity index (χ0v) is 16.0. The van der Waals surface area contributed by atoms with Crippen molar-refractivity contribution in [1.29, 1.82) is 0 Å². The van der Waals surface area contributed by atoms with E-state index >= 15 is 0 Å². The minimum atomic E-state index is 0.172. The predicted octanol–water partition coefficient (Wildman–Crippen LogP) is 3.94. The highest BCUT2D eigenvalue weighted by Gasteiger charge is 2.27. The maximum Gasteiger partial charge on any atom is 0.193 e. The molecule has 0 spiro atoms. The average Bonchev–Trinajstić information content (AvgIpc) is 2.63. The fourth-order valence-corrected chi connectivity index (χ4v) is 3.36. The SMILES string of the molecule is C=CCCCN(C)C(=NC)NCC1CCCOC1c1ccc(C)cc1. The van der Waals surface area contributed by atoms with Crippen molar-refractivity contribution in [2.45, 2.75) is 38.7 Å². The highest BCUT2D eigenvalue weighted by molar-refractivity contribution is 5.79. The molecule has 1 fully saturated rings. The lowest BCUT2D eigenvalue weighted by molar-refractivity contribution is -0.0266. The first-order valence-corrected chi connectivity index (χ1v) is 9.36. The highest BCUT2D eigenvalue weighted by atomic mass is 16.5. The fourth-order valence-electron chi connectivity index (χ4n) is 3.36. The minimum absolute atomic E-state index is 0.172. The molecule has 1 heterocycles. The van der Waals surface area contributed by atoms with Gasteiger partial charge in [-0.25, -0.2) is 0 Å². The van der Waals surface area contributed by atoms with Gasteiger partial charge in [0, 0.05) is 39.7 Å². The number of aryl methyl sites for hydroxylation is 1. The molecule has 2 unspecified atom stereocenters. The van der Waals surface area contributed by atoms with Crippen LogP contribution >= 0.6 is 0 Å². The molecular weight excluding hydrogens is 310 g/mol. The van der Waals surface area contributed by atoms with E-state index < -0.39 is 0 Å². The molecule has 2 atom stereocenters. The van der Waals surface area contributed by atoms with Gasteiger partial charge in [-0.3, -0.25) is 4.99 Å². The van der Waals surface area contributed by atoms with Crippen LogP contribution in [-0.2, 0) is 4.74 Å². The molecule has 1 N–H and O–H groups in total. The molecule has 0 radical (unpaired) electrons. The van der Waals surface area contributed by atoms with Crippen LogP contribution in [0.15, 0.2) is 41.9 Å². The third kappa shape index (κ3) is 5.89. The largest absolute Gasteiger partial charge is 0.373 e. The van der Waals surface area contributed by atoms with Crippen molar-refractivity contribution in [1.82, 2.24) is 10.2 Å². The number of hydrogen-bond acceptors (Lipinski definition) is 2. The topological polar surface area (TPSA) is 36.9 Å². The van der Waals surface area contributed by atoms with E-state index in [1.807, 2.05) is 13.1 Å². The number of unbranched alkanes of at least 4 members (excludes halogenated alkanes) is 1. The van der Waals surface area contributed by atoms with Gasteiger partial charge in [0.2, 0.25) is 0 Å². The maximum atomic E-state index is 6.12. The second-order valence-electron chi connectivity index (χ2n) is 6.88. The van der Waals surface area contributed by atoms with E-state index in [2.05, 4.69) is 60.0 Å². The molecule has 4 nitrogen and oxygen atoms in total. The van der Waals surface area contributed by atoms with Crippen molar-refractivity contribution in [3.05, 3.63) is 48.0 Å². The van der Waals surface area contributed by atoms with Crippen LogP contribution in [-0.4, -0.2) is 44.7 Å². The molecule has 4 heteroatoms. The Bertz CT molecular complexity index is 553. The third-order valence-corrected chi connectivity index (χ3v) is 4.85. The van der Waals surface area contributed by atoms with Crippen molar-refractivity contribution in [2.24, 2.45) is 10.9 Å².